The molecule has 0 radical (unpaired) electrons. The maximum Gasteiger partial charge on any atom is 0.573 e. The van der Waals surface area contributed by atoms with E-state index in [0.717, 1.165) is 6.07 Å². The van der Waals surface area contributed by atoms with Crippen LogP contribution in [0.5, 0.6) is 5.75 Å². The van der Waals surface area contributed by atoms with Crippen LogP contribution in [0.1, 0.15) is 17.9 Å². The highest BCUT2D eigenvalue weighted by atomic mass is 35.5. The van der Waals surface area contributed by atoms with E-state index in [9.17, 15) is 18.0 Å². The lowest BCUT2D eigenvalue weighted by molar-refractivity contribution is -0.274. The molecule has 0 aliphatic rings. The van der Waals surface area contributed by atoms with Gasteiger partial charge in [0.15, 0.2) is 5.78 Å². The van der Waals surface area contributed by atoms with Gasteiger partial charge in [-0.2, -0.15) is 0 Å². The van der Waals surface area contributed by atoms with Gasteiger partial charge >= 0.3 is 6.36 Å². The minimum absolute atomic E-state index is 0.318. The van der Waals surface area contributed by atoms with Crippen LogP contribution in [0.3, 0.4) is 0 Å². The van der Waals surface area contributed by atoms with Crippen LogP contribution in [-0.2, 0) is 4.79 Å². The summed E-state index contributed by atoms with van der Waals surface area (Å²) in [4.78, 5) is 11.8. The van der Waals surface area contributed by atoms with E-state index < -0.39 is 11.7 Å². The van der Waals surface area contributed by atoms with Gasteiger partial charge < -0.3 is 4.74 Å². The van der Waals surface area contributed by atoms with Crippen LogP contribution < -0.4 is 4.74 Å². The van der Waals surface area contributed by atoms with Gasteiger partial charge in [0.05, 0.1) is 0 Å². The summed E-state index contributed by atoms with van der Waals surface area (Å²) < 4.78 is 40.1. The van der Waals surface area contributed by atoms with E-state index in [1.807, 2.05) is 0 Å². The fraction of sp³-hybridized carbons (Fsp3) is 0.364. The molecule has 100 valence electrons. The first kappa shape index (κ1) is 15.2. The second-order valence-corrected chi connectivity index (χ2v) is 4.71. The monoisotopic (exact) mass is 298 g/mol. The molecule has 0 aromatic heterocycles. The lowest BCUT2D eigenvalue weighted by atomic mass is 10.1. The smallest absolute Gasteiger partial charge is 0.406 e. The number of thioether (sulfide) groups is 1. The van der Waals surface area contributed by atoms with Crippen molar-refractivity contribution in [2.45, 2.75) is 23.6 Å². The highest BCUT2D eigenvalue weighted by Gasteiger charge is 2.31. The van der Waals surface area contributed by atoms with Crippen molar-refractivity contribution in [2.24, 2.45) is 0 Å². The fourth-order valence-electron chi connectivity index (χ4n) is 1.33. The van der Waals surface area contributed by atoms with Gasteiger partial charge in [-0.1, -0.05) is 0 Å². The number of rotatable bonds is 4. The van der Waals surface area contributed by atoms with E-state index in [1.165, 1.54) is 30.8 Å². The molecule has 0 saturated carbocycles. The zero-order valence-corrected chi connectivity index (χ0v) is 11.1. The molecule has 1 rings (SSSR count). The summed E-state index contributed by atoms with van der Waals surface area (Å²) in [6.45, 7) is 1.28. The van der Waals surface area contributed by atoms with Gasteiger partial charge in [-0.05, 0) is 36.9 Å². The van der Waals surface area contributed by atoms with Crippen LogP contribution in [0, 0.1) is 0 Å². The average molecular weight is 299 g/mol. The third-order valence-electron chi connectivity index (χ3n) is 2.06. The normalized spacial score (nSPS) is 13.2. The number of carbonyl (C=O) groups excluding carboxylic acids is 1. The van der Waals surface area contributed by atoms with Crippen LogP contribution in [0.2, 0.25) is 0 Å². The standard InChI is InChI=1S/C11H10ClF3O2S/c1-6(16)10(12)8-5-7(17-11(13,14)15)3-4-9(8)18-2/h3-5,10H,1-2H3. The van der Waals surface area contributed by atoms with Crippen molar-refractivity contribution in [3.63, 3.8) is 0 Å². The zero-order chi connectivity index (χ0) is 13.9. The molecule has 1 aromatic carbocycles. The van der Waals surface area contributed by atoms with Crippen LogP contribution in [0.25, 0.3) is 0 Å². The minimum atomic E-state index is -4.77. The Hall–Kier alpha value is -0.880. The van der Waals surface area contributed by atoms with Crippen molar-refractivity contribution in [3.05, 3.63) is 23.8 Å². The fourth-order valence-corrected chi connectivity index (χ4v) is 2.19. The number of benzene rings is 1. The Morgan fingerprint density at radius 3 is 2.50 bits per heavy atom. The number of hydrogen-bond acceptors (Lipinski definition) is 3. The van der Waals surface area contributed by atoms with Gasteiger partial charge in [-0.3, -0.25) is 4.79 Å². The molecule has 0 N–H and O–H groups in total. The third kappa shape index (κ3) is 4.10. The summed E-state index contributed by atoms with van der Waals surface area (Å²) in [5, 5.41) is -0.982. The van der Waals surface area contributed by atoms with Gasteiger partial charge in [-0.15, -0.1) is 36.5 Å². The van der Waals surface area contributed by atoms with Crippen molar-refractivity contribution in [3.8, 4) is 5.75 Å². The second-order valence-electron chi connectivity index (χ2n) is 3.42. The highest BCUT2D eigenvalue weighted by Crippen LogP contribution is 2.35. The number of alkyl halides is 4. The van der Waals surface area contributed by atoms with Crippen molar-refractivity contribution in [1.29, 1.82) is 0 Å². The van der Waals surface area contributed by atoms with E-state index in [0.29, 0.717) is 10.5 Å². The highest BCUT2D eigenvalue weighted by molar-refractivity contribution is 7.98. The van der Waals surface area contributed by atoms with Crippen molar-refractivity contribution in [2.75, 3.05) is 6.26 Å². The van der Waals surface area contributed by atoms with E-state index >= 15 is 0 Å². The van der Waals surface area contributed by atoms with Gasteiger partial charge in [0.25, 0.3) is 0 Å². The largest absolute Gasteiger partial charge is 0.573 e. The van der Waals surface area contributed by atoms with Gasteiger partial charge in [0.1, 0.15) is 11.1 Å². The minimum Gasteiger partial charge on any atom is -0.406 e. The molecule has 0 saturated heterocycles. The van der Waals surface area contributed by atoms with E-state index in [1.54, 1.807) is 6.26 Å². The predicted molar refractivity (Wildman–Crippen MR) is 64.2 cm³/mol. The van der Waals surface area contributed by atoms with Crippen molar-refractivity contribution >= 4 is 29.1 Å². The van der Waals surface area contributed by atoms with Gasteiger partial charge in [-0.25, -0.2) is 0 Å². The molecule has 1 unspecified atom stereocenters. The summed E-state index contributed by atoms with van der Waals surface area (Å²) in [6, 6.07) is 3.77. The molecule has 0 heterocycles. The number of Topliss-reactive ketones (excluding diaryl/α,β-unsaturated/α-hetero) is 1. The molecule has 0 fully saturated rings. The Bertz CT molecular complexity index is 448. The molecule has 1 aromatic rings. The summed E-state index contributed by atoms with van der Waals surface area (Å²) in [5.41, 5.74) is 0.318. The third-order valence-corrected chi connectivity index (χ3v) is 3.42. The zero-order valence-electron chi connectivity index (χ0n) is 9.55. The lowest BCUT2D eigenvalue weighted by Gasteiger charge is -2.14. The Labute approximate surface area is 111 Å². The molecular formula is C11H10ClF3O2S. The molecule has 7 heteroatoms. The molecule has 0 spiro atoms. The summed E-state index contributed by atoms with van der Waals surface area (Å²) in [6.07, 6.45) is -3.02. The van der Waals surface area contributed by atoms with E-state index in [2.05, 4.69) is 4.74 Å². The predicted octanol–water partition coefficient (Wildman–Crippen LogP) is 4.18. The number of halogens is 4. The molecule has 18 heavy (non-hydrogen) atoms. The van der Waals surface area contributed by atoms with Crippen LogP contribution >= 0.6 is 23.4 Å². The molecular weight excluding hydrogens is 289 g/mol. The molecule has 0 aliphatic heterocycles. The van der Waals surface area contributed by atoms with Crippen LogP contribution in [-0.4, -0.2) is 18.4 Å². The Morgan fingerprint density at radius 1 is 1.44 bits per heavy atom. The number of ether oxygens (including phenoxy) is 1. The topological polar surface area (TPSA) is 26.3 Å². The number of ketones is 1. The SMILES string of the molecule is CSc1ccc(OC(F)(F)F)cc1C(Cl)C(C)=O. The molecule has 0 amide bonds. The first-order chi connectivity index (χ1) is 8.24. The quantitative estimate of drug-likeness (QED) is 0.616. The summed E-state index contributed by atoms with van der Waals surface area (Å²) in [5.74, 6) is -0.724. The maximum absolute atomic E-state index is 12.1. The van der Waals surface area contributed by atoms with Gasteiger partial charge in [0.2, 0.25) is 0 Å². The lowest BCUT2D eigenvalue weighted by Crippen LogP contribution is -2.17. The first-order valence-corrected chi connectivity index (χ1v) is 6.49. The van der Waals surface area contributed by atoms with E-state index in [4.69, 9.17) is 11.6 Å². The average Bonchev–Trinajstić information content (AvgIpc) is 2.25. The van der Waals surface area contributed by atoms with Crippen LogP contribution in [0.15, 0.2) is 23.1 Å². The molecule has 1 atom stereocenters. The first-order valence-electron chi connectivity index (χ1n) is 4.83. The summed E-state index contributed by atoms with van der Waals surface area (Å²) >= 11 is 7.16. The Balaban J connectivity index is 3.13. The van der Waals surface area contributed by atoms with Crippen molar-refractivity contribution < 1.29 is 22.7 Å². The molecule has 0 aliphatic carbocycles. The second kappa shape index (κ2) is 5.84. The van der Waals surface area contributed by atoms with Crippen LogP contribution in [0.4, 0.5) is 13.2 Å². The van der Waals surface area contributed by atoms with E-state index in [-0.39, 0.29) is 11.5 Å². The number of hydrogen-bond donors (Lipinski definition) is 0. The van der Waals surface area contributed by atoms with Gasteiger partial charge in [0, 0.05) is 4.90 Å². The Morgan fingerprint density at radius 2 is 2.06 bits per heavy atom. The molecule has 0 bridgehead atoms. The van der Waals surface area contributed by atoms with Crippen molar-refractivity contribution in [1.82, 2.24) is 0 Å². The summed E-state index contributed by atoms with van der Waals surface area (Å²) in [7, 11) is 0. The molecule has 2 nitrogen and oxygen atoms in total. The Kier molecular flexibility index (Phi) is 4.92. The number of carbonyl (C=O) groups is 1. The maximum atomic E-state index is 12.1.